The minimum absolute atomic E-state index is 0.0740. The number of carbonyl (C=O) groups excluding carboxylic acids is 3. The van der Waals surface area contributed by atoms with Gasteiger partial charge in [0.05, 0.1) is 18.2 Å². The van der Waals surface area contributed by atoms with Crippen LogP contribution in [0.2, 0.25) is 5.02 Å². The molecule has 1 aliphatic heterocycles. The van der Waals surface area contributed by atoms with E-state index in [9.17, 15) is 14.4 Å². The summed E-state index contributed by atoms with van der Waals surface area (Å²) in [6, 6.07) is 14.7. The average molecular weight is 443 g/mol. The second-order valence-electron chi connectivity index (χ2n) is 6.92. The normalized spacial score (nSPS) is 16.0. The number of esters is 2. The Morgan fingerprint density at radius 1 is 1.10 bits per heavy atom. The Morgan fingerprint density at radius 2 is 1.84 bits per heavy atom. The number of nitrogens with one attached hydrogen (secondary N) is 1. The molecule has 2 amide bonds. The molecular formula is C23H23ClN2O5. The number of amides is 2. The van der Waals surface area contributed by atoms with Gasteiger partial charge in [0.25, 0.3) is 0 Å². The lowest BCUT2D eigenvalue weighted by Crippen LogP contribution is -2.50. The van der Waals surface area contributed by atoms with Crippen LogP contribution < -0.4 is 5.32 Å². The lowest BCUT2D eigenvalue weighted by molar-refractivity contribution is -0.145. The highest BCUT2D eigenvalue weighted by atomic mass is 35.5. The first-order chi connectivity index (χ1) is 14.9. The summed E-state index contributed by atoms with van der Waals surface area (Å²) in [5.41, 5.74) is 1.99. The lowest BCUT2D eigenvalue weighted by Gasteiger charge is -2.37. The maximum absolute atomic E-state index is 13.1. The average Bonchev–Trinajstić information content (AvgIpc) is 2.74. The van der Waals surface area contributed by atoms with E-state index in [4.69, 9.17) is 21.1 Å². The Kier molecular flexibility index (Phi) is 7.31. The molecule has 3 rings (SSSR count). The number of benzene rings is 2. The van der Waals surface area contributed by atoms with E-state index in [1.807, 2.05) is 30.3 Å². The molecule has 0 aliphatic carbocycles. The highest BCUT2D eigenvalue weighted by molar-refractivity contribution is 6.30. The van der Waals surface area contributed by atoms with Gasteiger partial charge in [0, 0.05) is 10.7 Å². The minimum atomic E-state index is -0.861. The van der Waals surface area contributed by atoms with Crippen LogP contribution in [-0.4, -0.2) is 36.0 Å². The topological polar surface area (TPSA) is 84.9 Å². The summed E-state index contributed by atoms with van der Waals surface area (Å²) in [4.78, 5) is 39.3. The Balaban J connectivity index is 1.96. The van der Waals surface area contributed by atoms with Crippen LogP contribution in [0.15, 0.2) is 65.9 Å². The molecule has 162 valence electrons. The molecule has 0 fully saturated rings. The third-order valence-electron chi connectivity index (χ3n) is 4.75. The summed E-state index contributed by atoms with van der Waals surface area (Å²) in [5.74, 6) is -1.18. The first kappa shape index (κ1) is 22.4. The quantitative estimate of drug-likeness (QED) is 0.655. The van der Waals surface area contributed by atoms with Crippen molar-refractivity contribution in [3.8, 4) is 0 Å². The summed E-state index contributed by atoms with van der Waals surface area (Å²) in [5, 5.41) is 3.08. The predicted molar refractivity (Wildman–Crippen MR) is 115 cm³/mol. The van der Waals surface area contributed by atoms with Crippen molar-refractivity contribution in [2.45, 2.75) is 26.5 Å². The van der Waals surface area contributed by atoms with E-state index in [-0.39, 0.29) is 25.3 Å². The van der Waals surface area contributed by atoms with Crippen LogP contribution in [0.1, 0.15) is 31.0 Å². The molecule has 1 atom stereocenters. The number of urea groups is 1. The zero-order valence-corrected chi connectivity index (χ0v) is 18.0. The minimum Gasteiger partial charge on any atom is -0.465 e. The van der Waals surface area contributed by atoms with E-state index in [0.29, 0.717) is 16.3 Å². The molecule has 1 heterocycles. The highest BCUT2D eigenvalue weighted by Gasteiger charge is 2.39. The van der Waals surface area contributed by atoms with Gasteiger partial charge in [-0.3, -0.25) is 4.79 Å². The Hall–Kier alpha value is -3.32. The van der Waals surface area contributed by atoms with Crippen molar-refractivity contribution in [2.24, 2.45) is 0 Å². The number of carbonyl (C=O) groups is 3. The molecule has 8 heteroatoms. The molecule has 2 aromatic rings. The largest absolute Gasteiger partial charge is 0.465 e. The molecule has 0 saturated carbocycles. The first-order valence-corrected chi connectivity index (χ1v) is 10.2. The number of rotatable bonds is 7. The van der Waals surface area contributed by atoms with Gasteiger partial charge in [-0.2, -0.15) is 0 Å². The molecule has 1 aliphatic rings. The van der Waals surface area contributed by atoms with Crippen molar-refractivity contribution in [2.75, 3.05) is 13.2 Å². The molecule has 1 N–H and O–H groups in total. The fourth-order valence-electron chi connectivity index (χ4n) is 3.38. The lowest BCUT2D eigenvalue weighted by atomic mass is 9.93. The number of hydrogen-bond acceptors (Lipinski definition) is 5. The van der Waals surface area contributed by atoms with Crippen molar-refractivity contribution in [3.63, 3.8) is 0 Å². The smallest absolute Gasteiger partial charge is 0.338 e. The number of hydrogen-bond donors (Lipinski definition) is 1. The summed E-state index contributed by atoms with van der Waals surface area (Å²) in [7, 11) is 0. The fraction of sp³-hybridized carbons (Fsp3) is 0.261. The van der Waals surface area contributed by atoms with Gasteiger partial charge >= 0.3 is 18.0 Å². The van der Waals surface area contributed by atoms with E-state index in [1.165, 1.54) is 4.90 Å². The van der Waals surface area contributed by atoms with Gasteiger partial charge in [-0.05, 0) is 37.1 Å². The molecule has 0 aromatic heterocycles. The number of halogens is 1. The molecule has 0 saturated heterocycles. The van der Waals surface area contributed by atoms with Crippen LogP contribution in [0.4, 0.5) is 4.79 Å². The van der Waals surface area contributed by atoms with E-state index in [2.05, 4.69) is 5.32 Å². The van der Waals surface area contributed by atoms with Gasteiger partial charge in [-0.15, -0.1) is 0 Å². The van der Waals surface area contributed by atoms with E-state index in [1.54, 1.807) is 38.1 Å². The zero-order chi connectivity index (χ0) is 22.4. The third-order valence-corrected chi connectivity index (χ3v) is 4.98. The monoisotopic (exact) mass is 442 g/mol. The third kappa shape index (κ3) is 5.44. The molecule has 2 aromatic carbocycles. The number of nitrogens with zero attached hydrogens (tertiary/aromatic N) is 1. The second kappa shape index (κ2) is 10.1. The standard InChI is InChI=1S/C23H23ClN2O5/c1-3-30-19(27)13-26-21(17-10-7-11-18(24)12-17)20(15(2)25-23(26)29)22(28)31-14-16-8-5-4-6-9-16/h4-12,21H,3,13-14H2,1-2H3,(H,25,29). The van der Waals surface area contributed by atoms with Crippen molar-refractivity contribution < 1.29 is 23.9 Å². The maximum atomic E-state index is 13.1. The van der Waals surface area contributed by atoms with Crippen LogP contribution >= 0.6 is 11.6 Å². The van der Waals surface area contributed by atoms with Gasteiger partial charge in [0.15, 0.2) is 0 Å². The Morgan fingerprint density at radius 3 is 2.52 bits per heavy atom. The molecule has 1 unspecified atom stereocenters. The van der Waals surface area contributed by atoms with Crippen LogP contribution in [0.5, 0.6) is 0 Å². The summed E-state index contributed by atoms with van der Waals surface area (Å²) in [6.07, 6.45) is 0. The Bertz CT molecular complexity index is 1010. The van der Waals surface area contributed by atoms with Gasteiger partial charge < -0.3 is 19.7 Å². The van der Waals surface area contributed by atoms with Crippen LogP contribution in [-0.2, 0) is 25.7 Å². The summed E-state index contributed by atoms with van der Waals surface area (Å²) in [6.45, 7) is 3.22. The molecule has 0 radical (unpaired) electrons. The van der Waals surface area contributed by atoms with Crippen LogP contribution in [0.25, 0.3) is 0 Å². The van der Waals surface area contributed by atoms with E-state index >= 15 is 0 Å². The number of ether oxygens (including phenoxy) is 2. The van der Waals surface area contributed by atoms with Crippen LogP contribution in [0.3, 0.4) is 0 Å². The van der Waals surface area contributed by atoms with Crippen LogP contribution in [0, 0.1) is 0 Å². The fourth-order valence-corrected chi connectivity index (χ4v) is 3.57. The van der Waals surface area contributed by atoms with Crippen molar-refractivity contribution in [1.29, 1.82) is 0 Å². The molecular weight excluding hydrogens is 420 g/mol. The van der Waals surface area contributed by atoms with Crippen molar-refractivity contribution in [1.82, 2.24) is 10.2 Å². The maximum Gasteiger partial charge on any atom is 0.338 e. The molecule has 31 heavy (non-hydrogen) atoms. The summed E-state index contributed by atoms with van der Waals surface area (Å²) < 4.78 is 10.5. The molecule has 7 nitrogen and oxygen atoms in total. The number of allylic oxidation sites excluding steroid dienone is 1. The second-order valence-corrected chi connectivity index (χ2v) is 7.36. The zero-order valence-electron chi connectivity index (χ0n) is 17.3. The van der Waals surface area contributed by atoms with E-state index < -0.39 is 24.0 Å². The predicted octanol–water partition coefficient (Wildman–Crippen LogP) is 3.99. The molecule has 0 spiro atoms. The van der Waals surface area contributed by atoms with Gasteiger partial charge in [0.2, 0.25) is 0 Å². The SMILES string of the molecule is CCOC(=O)CN1C(=O)NC(C)=C(C(=O)OCc2ccccc2)C1c1cccc(Cl)c1. The molecule has 0 bridgehead atoms. The Labute approximate surface area is 185 Å². The van der Waals surface area contributed by atoms with Crippen molar-refractivity contribution >= 4 is 29.6 Å². The van der Waals surface area contributed by atoms with Gasteiger partial charge in [-0.1, -0.05) is 54.1 Å². The summed E-state index contributed by atoms with van der Waals surface area (Å²) >= 11 is 6.17. The van der Waals surface area contributed by atoms with Crippen molar-refractivity contribution in [3.05, 3.63) is 82.0 Å². The van der Waals surface area contributed by atoms with E-state index in [0.717, 1.165) is 5.56 Å². The van der Waals surface area contributed by atoms with Gasteiger partial charge in [0.1, 0.15) is 13.2 Å². The highest BCUT2D eigenvalue weighted by Crippen LogP contribution is 2.35. The van der Waals surface area contributed by atoms with Gasteiger partial charge in [-0.25, -0.2) is 9.59 Å². The first-order valence-electron chi connectivity index (χ1n) is 9.81.